The number of benzene rings is 3. The van der Waals surface area contributed by atoms with Crippen LogP contribution in [0.5, 0.6) is 5.75 Å². The average molecular weight is 542 g/mol. The van der Waals surface area contributed by atoms with E-state index in [1.807, 2.05) is 54.6 Å². The van der Waals surface area contributed by atoms with Gasteiger partial charge in [0.2, 0.25) is 5.96 Å². The van der Waals surface area contributed by atoms with Crippen LogP contribution in [0.2, 0.25) is 0 Å². The Balaban J connectivity index is 1.30. The summed E-state index contributed by atoms with van der Waals surface area (Å²) in [6.07, 6.45) is 3.29. The molecule has 1 aliphatic rings. The van der Waals surface area contributed by atoms with Crippen molar-refractivity contribution in [1.29, 1.82) is 0 Å². The van der Waals surface area contributed by atoms with Crippen LogP contribution in [0, 0.1) is 0 Å². The Morgan fingerprint density at radius 3 is 2.62 bits per heavy atom. The first-order valence-electron chi connectivity index (χ1n) is 12.7. The predicted molar refractivity (Wildman–Crippen MR) is 155 cm³/mol. The Labute approximate surface area is 231 Å². The van der Waals surface area contributed by atoms with Gasteiger partial charge in [-0.05, 0) is 42.5 Å². The number of carbonyl (C=O) groups excluding carboxylic acids is 1. The first-order valence-corrected chi connectivity index (χ1v) is 12.7. The number of para-hydroxylation sites is 1. The van der Waals surface area contributed by atoms with Crippen LogP contribution < -0.4 is 37.1 Å². The second kappa shape index (κ2) is 12.3. The van der Waals surface area contributed by atoms with E-state index >= 15 is 0 Å². The molecule has 0 aliphatic carbocycles. The summed E-state index contributed by atoms with van der Waals surface area (Å²) in [5.74, 6) is 12.5. The van der Waals surface area contributed by atoms with E-state index in [4.69, 9.17) is 21.2 Å². The third-order valence-electron chi connectivity index (χ3n) is 6.36. The maximum Gasteiger partial charge on any atom is 0.255 e. The van der Waals surface area contributed by atoms with Gasteiger partial charge in [0, 0.05) is 30.4 Å². The second-order valence-corrected chi connectivity index (χ2v) is 8.92. The van der Waals surface area contributed by atoms with Crippen LogP contribution in [0.15, 0.2) is 90.2 Å². The van der Waals surface area contributed by atoms with E-state index in [-0.39, 0.29) is 11.9 Å². The molecule has 206 valence electrons. The minimum atomic E-state index is -0.260. The van der Waals surface area contributed by atoms with Gasteiger partial charge in [-0.1, -0.05) is 24.3 Å². The highest BCUT2D eigenvalue weighted by molar-refractivity contribution is 6.04. The van der Waals surface area contributed by atoms with Crippen molar-refractivity contribution >= 4 is 34.6 Å². The number of anilines is 3. The molecular weight excluding hydrogens is 510 g/mol. The molecule has 3 aromatic carbocycles. The van der Waals surface area contributed by atoms with Gasteiger partial charge < -0.3 is 19.7 Å². The molecule has 4 aromatic rings. The first kappa shape index (κ1) is 26.7. The molecule has 6 N–H and O–H groups in total. The van der Waals surface area contributed by atoms with Crippen molar-refractivity contribution in [2.75, 3.05) is 48.6 Å². The van der Waals surface area contributed by atoms with E-state index in [0.29, 0.717) is 47.3 Å². The molecule has 0 unspecified atom stereocenters. The lowest BCUT2D eigenvalue weighted by atomic mass is 10.1. The number of aliphatic imine (C=N–C) groups is 1. The van der Waals surface area contributed by atoms with Crippen LogP contribution >= 0.6 is 0 Å². The lowest BCUT2D eigenvalue weighted by Crippen LogP contribution is -2.48. The topological polar surface area (TPSA) is 148 Å². The Morgan fingerprint density at radius 2 is 1.88 bits per heavy atom. The van der Waals surface area contributed by atoms with E-state index in [0.717, 1.165) is 18.8 Å². The van der Waals surface area contributed by atoms with Gasteiger partial charge in [-0.3, -0.25) is 10.2 Å². The van der Waals surface area contributed by atoms with Crippen molar-refractivity contribution < 1.29 is 14.3 Å². The van der Waals surface area contributed by atoms with Gasteiger partial charge in [0.1, 0.15) is 11.4 Å². The number of nitrogens with one attached hydrogen (secondary N) is 2. The number of nitrogens with zero attached hydrogens (tertiary/aromatic N) is 5. The molecule has 12 nitrogen and oxygen atoms in total. The highest BCUT2D eigenvalue weighted by atomic mass is 16.5. The molecule has 0 radical (unpaired) electrons. The van der Waals surface area contributed by atoms with Crippen molar-refractivity contribution in [1.82, 2.24) is 15.2 Å². The summed E-state index contributed by atoms with van der Waals surface area (Å²) >= 11 is 0. The number of rotatable bonds is 7. The zero-order valence-corrected chi connectivity index (χ0v) is 22.0. The molecule has 12 heteroatoms. The number of morpholine rings is 1. The third kappa shape index (κ3) is 6.04. The lowest BCUT2D eigenvalue weighted by Gasteiger charge is -2.30. The molecule has 1 fully saturated rings. The second-order valence-electron chi connectivity index (χ2n) is 8.92. The molecule has 1 amide bonds. The Bertz CT molecular complexity index is 1480. The van der Waals surface area contributed by atoms with Crippen molar-refractivity contribution in [3.8, 4) is 11.4 Å². The lowest BCUT2D eigenvalue weighted by molar-refractivity contribution is 0.102. The summed E-state index contributed by atoms with van der Waals surface area (Å²) in [6, 6.07) is 22.1. The molecule has 5 rings (SSSR count). The molecule has 40 heavy (non-hydrogen) atoms. The van der Waals surface area contributed by atoms with Crippen LogP contribution in [-0.2, 0) is 4.74 Å². The SMILES string of the molecule is COc1cc(NC(=O)c2cccc(-n3cc(N=C(NN)N(N)c4ccccc4)cn3)c2)ccc1N1CCOCC1. The van der Waals surface area contributed by atoms with Gasteiger partial charge in [-0.25, -0.2) is 26.4 Å². The molecule has 0 bridgehead atoms. The maximum absolute atomic E-state index is 13.1. The molecule has 1 aromatic heterocycles. The van der Waals surface area contributed by atoms with Crippen LogP contribution in [0.25, 0.3) is 5.69 Å². The smallest absolute Gasteiger partial charge is 0.255 e. The number of hydrogen-bond acceptors (Lipinski definition) is 8. The largest absolute Gasteiger partial charge is 0.495 e. The molecule has 1 aliphatic heterocycles. The average Bonchev–Trinajstić information content (AvgIpc) is 3.49. The van der Waals surface area contributed by atoms with Gasteiger partial charge in [0.15, 0.2) is 0 Å². The summed E-state index contributed by atoms with van der Waals surface area (Å²) in [5.41, 5.74) is 6.50. The van der Waals surface area contributed by atoms with Crippen LogP contribution in [0.3, 0.4) is 0 Å². The van der Waals surface area contributed by atoms with E-state index in [1.165, 1.54) is 5.01 Å². The molecule has 0 atom stereocenters. The van der Waals surface area contributed by atoms with E-state index in [9.17, 15) is 4.79 Å². The quantitative estimate of drug-likeness (QED) is 0.120. The van der Waals surface area contributed by atoms with Gasteiger partial charge in [-0.15, -0.1) is 0 Å². The molecule has 1 saturated heterocycles. The maximum atomic E-state index is 13.1. The normalized spacial score (nSPS) is 13.6. The minimum Gasteiger partial charge on any atom is -0.495 e. The Morgan fingerprint density at radius 1 is 1.07 bits per heavy atom. The fourth-order valence-corrected chi connectivity index (χ4v) is 4.31. The number of guanidine groups is 1. The van der Waals surface area contributed by atoms with E-state index < -0.39 is 0 Å². The number of aromatic nitrogens is 2. The van der Waals surface area contributed by atoms with Crippen LogP contribution in [0.1, 0.15) is 10.4 Å². The summed E-state index contributed by atoms with van der Waals surface area (Å²) in [5, 5.41) is 8.68. The van der Waals surface area contributed by atoms with Crippen molar-refractivity contribution in [2.24, 2.45) is 16.7 Å². The van der Waals surface area contributed by atoms with Gasteiger partial charge in [0.25, 0.3) is 5.91 Å². The number of hydrogen-bond donors (Lipinski definition) is 4. The number of hydrazine groups is 2. The molecule has 2 heterocycles. The monoisotopic (exact) mass is 541 g/mol. The van der Waals surface area contributed by atoms with Gasteiger partial charge in [-0.2, -0.15) is 5.10 Å². The number of ether oxygens (including phenoxy) is 2. The Kier molecular flexibility index (Phi) is 8.21. The molecular formula is C28H31N9O3. The standard InChI is InChI=1S/C28H31N9O3/c1-39-26-17-21(10-11-25(26)35-12-14-40-15-13-35)32-27(38)20-6-5-9-24(16-20)36-19-22(18-31-36)33-28(34-29)37(30)23-7-3-2-4-8-23/h2-11,16-19H,12-15,29-30H2,1H3,(H,32,38)(H,33,34). The summed E-state index contributed by atoms with van der Waals surface area (Å²) in [7, 11) is 1.62. The third-order valence-corrected chi connectivity index (χ3v) is 6.36. The van der Waals surface area contributed by atoms with Crippen molar-refractivity contribution in [3.05, 3.63) is 90.8 Å². The van der Waals surface area contributed by atoms with Crippen molar-refractivity contribution in [3.63, 3.8) is 0 Å². The highest BCUT2D eigenvalue weighted by Gasteiger charge is 2.17. The first-order chi connectivity index (χ1) is 19.6. The number of nitrogens with two attached hydrogens (primary N) is 2. The molecule has 0 saturated carbocycles. The zero-order valence-electron chi connectivity index (χ0n) is 22.0. The summed E-state index contributed by atoms with van der Waals surface area (Å²) < 4.78 is 12.7. The van der Waals surface area contributed by atoms with Crippen LogP contribution in [0.4, 0.5) is 22.7 Å². The van der Waals surface area contributed by atoms with E-state index in [1.54, 1.807) is 42.4 Å². The van der Waals surface area contributed by atoms with Crippen molar-refractivity contribution in [2.45, 2.75) is 0 Å². The number of carbonyl (C=O) groups is 1. The fraction of sp³-hybridized carbons (Fsp3) is 0.179. The van der Waals surface area contributed by atoms with Crippen LogP contribution in [-0.4, -0.2) is 55.1 Å². The summed E-state index contributed by atoms with van der Waals surface area (Å²) in [6.45, 7) is 2.92. The molecule has 0 spiro atoms. The fourth-order valence-electron chi connectivity index (χ4n) is 4.31. The Hall–Kier alpha value is -4.91. The zero-order chi connectivity index (χ0) is 27.9. The number of methoxy groups -OCH3 is 1. The van der Waals surface area contributed by atoms with E-state index in [2.05, 4.69) is 25.7 Å². The highest BCUT2D eigenvalue weighted by Crippen LogP contribution is 2.32. The minimum absolute atomic E-state index is 0.231. The number of amides is 1. The van der Waals surface area contributed by atoms with Gasteiger partial charge >= 0.3 is 0 Å². The summed E-state index contributed by atoms with van der Waals surface area (Å²) in [4.78, 5) is 19.8. The van der Waals surface area contributed by atoms with Gasteiger partial charge in [0.05, 0.1) is 49.8 Å². The predicted octanol–water partition coefficient (Wildman–Crippen LogP) is 2.80.